The fraction of sp³-hybridized carbons (Fsp3) is 0.0800. The van der Waals surface area contributed by atoms with Crippen LogP contribution in [0.5, 0.6) is 5.75 Å². The standard InChI is InChI=1S/C25H19BrN2O3S/c1-31-22-14-16(11-12-18(22)15-17-7-5-6-10-21(17)26)13-20-23(29)27-25(32)28(24(20)30)19-8-3-2-4-9-19/h2-14H,15H2,1H3,(H,27,29,32)/b20-13-. The van der Waals surface area contributed by atoms with Gasteiger partial charge in [-0.1, -0.05) is 64.5 Å². The van der Waals surface area contributed by atoms with Crippen LogP contribution in [0.2, 0.25) is 0 Å². The number of hydrogen-bond acceptors (Lipinski definition) is 4. The third kappa shape index (κ3) is 4.49. The Morgan fingerprint density at radius 3 is 2.44 bits per heavy atom. The molecule has 3 aromatic carbocycles. The summed E-state index contributed by atoms with van der Waals surface area (Å²) in [5, 5.41) is 2.66. The highest BCUT2D eigenvalue weighted by molar-refractivity contribution is 9.10. The predicted molar refractivity (Wildman–Crippen MR) is 133 cm³/mol. The van der Waals surface area contributed by atoms with Gasteiger partial charge in [0.15, 0.2) is 5.11 Å². The van der Waals surface area contributed by atoms with E-state index < -0.39 is 11.8 Å². The van der Waals surface area contributed by atoms with Gasteiger partial charge in [-0.25, -0.2) is 0 Å². The van der Waals surface area contributed by atoms with Crippen molar-refractivity contribution in [2.45, 2.75) is 6.42 Å². The van der Waals surface area contributed by atoms with Crippen molar-refractivity contribution < 1.29 is 14.3 Å². The third-order valence-corrected chi connectivity index (χ3v) is 6.14. The Morgan fingerprint density at radius 2 is 1.72 bits per heavy atom. The van der Waals surface area contributed by atoms with Crippen molar-refractivity contribution in [3.63, 3.8) is 0 Å². The molecule has 160 valence electrons. The van der Waals surface area contributed by atoms with E-state index in [0.29, 0.717) is 23.4 Å². The maximum atomic E-state index is 13.1. The third-order valence-electron chi connectivity index (χ3n) is 5.08. The number of hydrogen-bond donors (Lipinski definition) is 1. The molecule has 1 heterocycles. The van der Waals surface area contributed by atoms with E-state index in [1.54, 1.807) is 37.5 Å². The highest BCUT2D eigenvalue weighted by Crippen LogP contribution is 2.28. The van der Waals surface area contributed by atoms with E-state index in [9.17, 15) is 9.59 Å². The van der Waals surface area contributed by atoms with E-state index in [2.05, 4.69) is 21.2 Å². The van der Waals surface area contributed by atoms with Crippen molar-refractivity contribution in [2.75, 3.05) is 12.0 Å². The van der Waals surface area contributed by atoms with Crippen LogP contribution in [-0.4, -0.2) is 24.0 Å². The molecule has 0 spiro atoms. The number of amides is 2. The zero-order valence-corrected chi connectivity index (χ0v) is 19.6. The number of halogens is 1. The lowest BCUT2D eigenvalue weighted by Crippen LogP contribution is -2.54. The molecule has 1 aliphatic rings. The molecule has 0 radical (unpaired) electrons. The molecular weight excluding hydrogens is 488 g/mol. The number of nitrogens with zero attached hydrogens (tertiary/aromatic N) is 1. The molecule has 1 N–H and O–H groups in total. The topological polar surface area (TPSA) is 58.6 Å². The normalized spacial score (nSPS) is 15.1. The lowest BCUT2D eigenvalue weighted by Gasteiger charge is -2.28. The summed E-state index contributed by atoms with van der Waals surface area (Å²) in [6, 6.07) is 22.6. The minimum atomic E-state index is -0.525. The van der Waals surface area contributed by atoms with Crippen molar-refractivity contribution in [1.82, 2.24) is 5.32 Å². The smallest absolute Gasteiger partial charge is 0.270 e. The molecule has 4 rings (SSSR count). The summed E-state index contributed by atoms with van der Waals surface area (Å²) in [6.07, 6.45) is 2.23. The summed E-state index contributed by atoms with van der Waals surface area (Å²) in [5.41, 5.74) is 3.40. The van der Waals surface area contributed by atoms with Gasteiger partial charge in [0.25, 0.3) is 11.8 Å². The predicted octanol–water partition coefficient (Wildman–Crippen LogP) is 4.88. The van der Waals surface area contributed by atoms with Crippen LogP contribution in [0, 0.1) is 0 Å². The molecule has 7 heteroatoms. The van der Waals surface area contributed by atoms with Crippen LogP contribution in [-0.2, 0) is 16.0 Å². The average molecular weight is 507 g/mol. The van der Waals surface area contributed by atoms with Gasteiger partial charge in [-0.05, 0) is 59.2 Å². The second kappa shape index (κ2) is 9.46. The molecule has 0 aromatic heterocycles. The van der Waals surface area contributed by atoms with Gasteiger partial charge in [-0.15, -0.1) is 0 Å². The largest absolute Gasteiger partial charge is 0.496 e. The highest BCUT2D eigenvalue weighted by Gasteiger charge is 2.34. The van der Waals surface area contributed by atoms with Crippen molar-refractivity contribution in [2.24, 2.45) is 0 Å². The zero-order valence-electron chi connectivity index (χ0n) is 17.2. The first kappa shape index (κ1) is 21.9. The first-order valence-electron chi connectivity index (χ1n) is 9.85. The number of nitrogens with one attached hydrogen (secondary N) is 1. The minimum Gasteiger partial charge on any atom is -0.496 e. The van der Waals surface area contributed by atoms with Crippen molar-refractivity contribution in [3.8, 4) is 5.75 Å². The molecule has 1 aliphatic heterocycles. The summed E-state index contributed by atoms with van der Waals surface area (Å²) >= 11 is 8.81. The zero-order chi connectivity index (χ0) is 22.7. The number of anilines is 1. The van der Waals surface area contributed by atoms with Gasteiger partial charge < -0.3 is 4.74 Å². The van der Waals surface area contributed by atoms with Crippen molar-refractivity contribution in [1.29, 1.82) is 0 Å². The molecule has 0 saturated carbocycles. The summed E-state index contributed by atoms with van der Waals surface area (Å²) in [4.78, 5) is 27.0. The Labute approximate surface area is 199 Å². The Bertz CT molecular complexity index is 1240. The van der Waals surface area contributed by atoms with Crippen LogP contribution in [0.25, 0.3) is 6.08 Å². The fourth-order valence-corrected chi connectivity index (χ4v) is 4.19. The number of carbonyl (C=O) groups is 2. The SMILES string of the molecule is COc1cc(/C=C2/C(=O)NC(=S)N(c3ccccc3)C2=O)ccc1Cc1ccccc1Br. The molecule has 0 atom stereocenters. The van der Waals surface area contributed by atoms with E-state index in [1.807, 2.05) is 48.5 Å². The van der Waals surface area contributed by atoms with Crippen LogP contribution in [0.15, 0.2) is 82.8 Å². The number of benzene rings is 3. The second-order valence-corrected chi connectivity index (χ2v) is 8.37. The summed E-state index contributed by atoms with van der Waals surface area (Å²) in [5.74, 6) is -0.321. The van der Waals surface area contributed by atoms with E-state index in [-0.39, 0.29) is 10.7 Å². The van der Waals surface area contributed by atoms with Crippen molar-refractivity contribution >= 4 is 56.8 Å². The van der Waals surface area contributed by atoms with Crippen LogP contribution < -0.4 is 15.0 Å². The molecule has 0 unspecified atom stereocenters. The molecule has 2 amide bonds. The van der Waals surface area contributed by atoms with Gasteiger partial charge >= 0.3 is 0 Å². The molecule has 32 heavy (non-hydrogen) atoms. The maximum Gasteiger partial charge on any atom is 0.270 e. The van der Waals surface area contributed by atoms with E-state index >= 15 is 0 Å². The fourth-order valence-electron chi connectivity index (χ4n) is 3.48. The first-order chi connectivity index (χ1) is 15.5. The number of thiocarbonyl (C=S) groups is 1. The molecule has 1 saturated heterocycles. The second-order valence-electron chi connectivity index (χ2n) is 7.13. The Hall–Kier alpha value is -3.29. The number of ether oxygens (including phenoxy) is 1. The number of rotatable bonds is 5. The molecule has 0 aliphatic carbocycles. The lowest BCUT2D eigenvalue weighted by molar-refractivity contribution is -0.122. The summed E-state index contributed by atoms with van der Waals surface area (Å²) < 4.78 is 6.61. The first-order valence-corrected chi connectivity index (χ1v) is 11.0. The van der Waals surface area contributed by atoms with Gasteiger partial charge in [-0.2, -0.15) is 0 Å². The quantitative estimate of drug-likeness (QED) is 0.304. The van der Waals surface area contributed by atoms with Gasteiger partial charge in [0.1, 0.15) is 11.3 Å². The van der Waals surface area contributed by atoms with Gasteiger partial charge in [0.05, 0.1) is 12.8 Å². The molecule has 1 fully saturated rings. The molecule has 3 aromatic rings. The summed E-state index contributed by atoms with van der Waals surface area (Å²) in [7, 11) is 1.60. The Morgan fingerprint density at radius 1 is 1.00 bits per heavy atom. The van der Waals surface area contributed by atoms with Gasteiger partial charge in [-0.3, -0.25) is 19.8 Å². The lowest BCUT2D eigenvalue weighted by atomic mass is 10.0. The van der Waals surface area contributed by atoms with Crippen LogP contribution in [0.4, 0.5) is 5.69 Å². The minimum absolute atomic E-state index is 0.00283. The Kier molecular flexibility index (Phi) is 6.48. The molecule has 5 nitrogen and oxygen atoms in total. The van der Waals surface area contributed by atoms with Crippen LogP contribution in [0.3, 0.4) is 0 Å². The average Bonchev–Trinajstić information content (AvgIpc) is 2.79. The van der Waals surface area contributed by atoms with Crippen LogP contribution >= 0.6 is 28.1 Å². The number of methoxy groups -OCH3 is 1. The van der Waals surface area contributed by atoms with E-state index in [0.717, 1.165) is 15.6 Å². The number of carbonyl (C=O) groups excluding carboxylic acids is 2. The van der Waals surface area contributed by atoms with E-state index in [1.165, 1.54) is 4.90 Å². The van der Waals surface area contributed by atoms with Gasteiger partial charge in [0.2, 0.25) is 0 Å². The maximum absolute atomic E-state index is 13.1. The Balaban J connectivity index is 1.66. The van der Waals surface area contributed by atoms with Crippen LogP contribution in [0.1, 0.15) is 16.7 Å². The molecular formula is C25H19BrN2O3S. The monoisotopic (exact) mass is 506 g/mol. The van der Waals surface area contributed by atoms with Gasteiger partial charge in [0, 0.05) is 10.9 Å². The number of para-hydroxylation sites is 1. The highest BCUT2D eigenvalue weighted by atomic mass is 79.9. The summed E-state index contributed by atoms with van der Waals surface area (Å²) in [6.45, 7) is 0. The van der Waals surface area contributed by atoms with Crippen molar-refractivity contribution in [3.05, 3.63) is 99.5 Å². The molecule has 0 bridgehead atoms. The van der Waals surface area contributed by atoms with E-state index in [4.69, 9.17) is 17.0 Å².